The van der Waals surface area contributed by atoms with Crippen molar-refractivity contribution in [1.29, 1.82) is 0 Å². The molecule has 35 heavy (non-hydrogen) atoms. The minimum absolute atomic E-state index is 0.129. The highest BCUT2D eigenvalue weighted by molar-refractivity contribution is 5.78. The number of rotatable bonds is 10. The molecule has 4 fully saturated rings. The second-order valence-electron chi connectivity index (χ2n) is 9.76. The molecule has 2 atom stereocenters. The van der Waals surface area contributed by atoms with Gasteiger partial charge in [0.1, 0.15) is 30.8 Å². The number of alkyl halides is 7. The van der Waals surface area contributed by atoms with Gasteiger partial charge in [0.25, 0.3) is 0 Å². The van der Waals surface area contributed by atoms with Crippen LogP contribution in [0.25, 0.3) is 0 Å². The molecule has 0 N–H and O–H groups in total. The maximum Gasteiger partial charge on any atom is 0.395 e. The molecular formula is C21H25F7O7. The van der Waals surface area contributed by atoms with Crippen LogP contribution < -0.4 is 0 Å². The van der Waals surface area contributed by atoms with E-state index in [0.717, 1.165) is 0 Å². The van der Waals surface area contributed by atoms with Gasteiger partial charge < -0.3 is 18.9 Å². The summed E-state index contributed by atoms with van der Waals surface area (Å²) in [5.74, 6) is -13.6. The minimum Gasteiger partial charge on any atom is -0.459 e. The molecule has 0 saturated heterocycles. The Morgan fingerprint density at radius 2 is 1.37 bits per heavy atom. The SMILES string of the molecule is CC(F)(F)C(=O)OCCOCC(=O)OC12CC3CC(C1)CC(OC(=O)C(F)(F)CC(F)(F)F)(C3)C2. The smallest absolute Gasteiger partial charge is 0.395 e. The van der Waals surface area contributed by atoms with Crippen LogP contribution in [0.3, 0.4) is 0 Å². The van der Waals surface area contributed by atoms with Crippen molar-refractivity contribution in [3.63, 3.8) is 0 Å². The number of carbonyl (C=O) groups excluding carboxylic acids is 3. The lowest BCUT2D eigenvalue weighted by molar-refractivity contribution is -0.250. The molecule has 4 saturated carbocycles. The molecule has 4 aliphatic carbocycles. The largest absolute Gasteiger partial charge is 0.459 e. The highest BCUT2D eigenvalue weighted by Crippen LogP contribution is 2.60. The summed E-state index contributed by atoms with van der Waals surface area (Å²) in [4.78, 5) is 35.2. The van der Waals surface area contributed by atoms with Gasteiger partial charge in [0.2, 0.25) is 0 Å². The maximum absolute atomic E-state index is 13.9. The standard InChI is InChI=1S/C21H25F7O7/c1-17(22,23)15(30)33-3-2-32-9-14(29)34-18-5-12-4-13(6-18)8-19(7-12,10-18)35-16(31)20(24,25)11-21(26,27)28/h12-13H,2-11H2,1H3. The van der Waals surface area contributed by atoms with Crippen molar-refractivity contribution in [3.8, 4) is 0 Å². The quantitative estimate of drug-likeness (QED) is 0.186. The highest BCUT2D eigenvalue weighted by atomic mass is 19.4. The van der Waals surface area contributed by atoms with Crippen molar-refractivity contribution < 1.29 is 64.1 Å². The third-order valence-corrected chi connectivity index (χ3v) is 6.35. The predicted molar refractivity (Wildman–Crippen MR) is 100 cm³/mol. The Labute approximate surface area is 195 Å². The molecular weight excluding hydrogens is 497 g/mol. The first-order chi connectivity index (χ1) is 15.9. The average Bonchev–Trinajstić information content (AvgIpc) is 2.62. The van der Waals surface area contributed by atoms with Crippen LogP contribution in [-0.4, -0.2) is 67.0 Å². The van der Waals surface area contributed by atoms with Gasteiger partial charge in [-0.2, -0.15) is 30.7 Å². The summed E-state index contributed by atoms with van der Waals surface area (Å²) in [6.07, 6.45) is -6.24. The van der Waals surface area contributed by atoms with E-state index < -0.39 is 66.8 Å². The second-order valence-corrected chi connectivity index (χ2v) is 9.76. The zero-order chi connectivity index (χ0) is 26.3. The van der Waals surface area contributed by atoms with Crippen LogP contribution in [-0.2, 0) is 33.3 Å². The molecule has 7 nitrogen and oxygen atoms in total. The van der Waals surface area contributed by atoms with Crippen molar-refractivity contribution in [2.45, 2.75) is 81.1 Å². The fourth-order valence-corrected chi connectivity index (χ4v) is 5.68. The van der Waals surface area contributed by atoms with E-state index in [1.165, 1.54) is 0 Å². The molecule has 4 aliphatic rings. The molecule has 4 rings (SSSR count). The number of halogens is 7. The van der Waals surface area contributed by atoms with Crippen LogP contribution in [0, 0.1) is 11.8 Å². The van der Waals surface area contributed by atoms with Gasteiger partial charge in [-0.3, -0.25) is 0 Å². The molecule has 0 spiro atoms. The van der Waals surface area contributed by atoms with Crippen molar-refractivity contribution in [1.82, 2.24) is 0 Å². The third-order valence-electron chi connectivity index (χ3n) is 6.35. The zero-order valence-corrected chi connectivity index (χ0v) is 18.7. The Morgan fingerprint density at radius 3 is 1.89 bits per heavy atom. The van der Waals surface area contributed by atoms with E-state index in [-0.39, 0.29) is 37.7 Å². The number of ether oxygens (including phenoxy) is 4. The van der Waals surface area contributed by atoms with Crippen molar-refractivity contribution in [3.05, 3.63) is 0 Å². The third kappa shape index (κ3) is 6.98. The van der Waals surface area contributed by atoms with E-state index in [1.807, 2.05) is 0 Å². The number of esters is 3. The predicted octanol–water partition coefficient (Wildman–Crippen LogP) is 3.97. The first-order valence-corrected chi connectivity index (χ1v) is 11.0. The maximum atomic E-state index is 13.9. The number of carbonyl (C=O) groups is 3. The first-order valence-electron chi connectivity index (χ1n) is 11.0. The normalized spacial score (nSPS) is 30.2. The highest BCUT2D eigenvalue weighted by Gasteiger charge is 2.63. The average molecular weight is 522 g/mol. The van der Waals surface area contributed by atoms with Gasteiger partial charge in [0.15, 0.2) is 0 Å². The molecule has 0 amide bonds. The summed E-state index contributed by atoms with van der Waals surface area (Å²) in [5, 5.41) is 0. The van der Waals surface area contributed by atoms with E-state index >= 15 is 0 Å². The van der Waals surface area contributed by atoms with Crippen molar-refractivity contribution >= 4 is 17.9 Å². The topological polar surface area (TPSA) is 88.1 Å². The van der Waals surface area contributed by atoms with E-state index in [2.05, 4.69) is 4.74 Å². The molecule has 0 aliphatic heterocycles. The summed E-state index contributed by atoms with van der Waals surface area (Å²) < 4.78 is 110. The van der Waals surface area contributed by atoms with Gasteiger partial charge in [0, 0.05) is 13.3 Å². The molecule has 14 heteroatoms. The van der Waals surface area contributed by atoms with Crippen LogP contribution in [0.4, 0.5) is 30.7 Å². The molecule has 0 aromatic carbocycles. The fourth-order valence-electron chi connectivity index (χ4n) is 5.68. The van der Waals surface area contributed by atoms with Crippen LogP contribution in [0.5, 0.6) is 0 Å². The Bertz CT molecular complexity index is 823. The van der Waals surface area contributed by atoms with E-state index in [1.54, 1.807) is 0 Å². The van der Waals surface area contributed by atoms with Gasteiger partial charge in [-0.25, -0.2) is 14.4 Å². The summed E-state index contributed by atoms with van der Waals surface area (Å²) in [6.45, 7) is -1.16. The molecule has 0 heterocycles. The summed E-state index contributed by atoms with van der Waals surface area (Å²) in [6, 6.07) is 0. The first kappa shape index (κ1) is 27.5. The van der Waals surface area contributed by atoms with Gasteiger partial charge in [-0.1, -0.05) is 0 Å². The van der Waals surface area contributed by atoms with Gasteiger partial charge in [0.05, 0.1) is 6.61 Å². The van der Waals surface area contributed by atoms with Crippen LogP contribution in [0.15, 0.2) is 0 Å². The zero-order valence-electron chi connectivity index (χ0n) is 18.7. The van der Waals surface area contributed by atoms with E-state index in [9.17, 15) is 45.1 Å². The van der Waals surface area contributed by atoms with Gasteiger partial charge in [-0.05, 0) is 43.9 Å². The fraction of sp³-hybridized carbons (Fsp3) is 0.857. The molecule has 0 aromatic heterocycles. The van der Waals surface area contributed by atoms with Gasteiger partial charge >= 0.3 is 35.9 Å². The second kappa shape index (κ2) is 9.40. The number of hydrogen-bond acceptors (Lipinski definition) is 7. The molecule has 2 unspecified atom stereocenters. The van der Waals surface area contributed by atoms with E-state index in [4.69, 9.17) is 14.2 Å². The lowest BCUT2D eigenvalue weighted by Crippen LogP contribution is -2.62. The van der Waals surface area contributed by atoms with Crippen LogP contribution >= 0.6 is 0 Å². The van der Waals surface area contributed by atoms with Crippen molar-refractivity contribution in [2.75, 3.05) is 19.8 Å². The molecule has 200 valence electrons. The molecule has 4 bridgehead atoms. The lowest BCUT2D eigenvalue weighted by Gasteiger charge is -2.60. The van der Waals surface area contributed by atoms with Gasteiger partial charge in [-0.15, -0.1) is 0 Å². The van der Waals surface area contributed by atoms with E-state index in [0.29, 0.717) is 26.2 Å². The number of hydrogen-bond donors (Lipinski definition) is 0. The Balaban J connectivity index is 1.55. The Hall–Kier alpha value is -2.12. The monoisotopic (exact) mass is 522 g/mol. The van der Waals surface area contributed by atoms with Crippen LogP contribution in [0.2, 0.25) is 0 Å². The lowest BCUT2D eigenvalue weighted by atomic mass is 9.52. The Kier molecular flexibility index (Phi) is 7.37. The summed E-state index contributed by atoms with van der Waals surface area (Å²) in [7, 11) is 0. The van der Waals surface area contributed by atoms with Crippen molar-refractivity contribution in [2.24, 2.45) is 11.8 Å². The summed E-state index contributed by atoms with van der Waals surface area (Å²) >= 11 is 0. The molecule has 0 radical (unpaired) electrons. The Morgan fingerprint density at radius 1 is 0.829 bits per heavy atom. The van der Waals surface area contributed by atoms with Crippen LogP contribution in [0.1, 0.15) is 51.9 Å². The minimum atomic E-state index is -5.27. The summed E-state index contributed by atoms with van der Waals surface area (Å²) in [5.41, 5.74) is -2.61. The molecule has 0 aromatic rings.